The van der Waals surface area contributed by atoms with Gasteiger partial charge in [-0.1, -0.05) is 25.1 Å². The summed E-state index contributed by atoms with van der Waals surface area (Å²) in [6.07, 6.45) is 1.08. The van der Waals surface area contributed by atoms with Gasteiger partial charge in [0.2, 0.25) is 0 Å². The van der Waals surface area contributed by atoms with E-state index in [9.17, 15) is 9.90 Å². The maximum atomic E-state index is 11.5. The molecule has 20 heavy (non-hydrogen) atoms. The average Bonchev–Trinajstić information content (AvgIpc) is 2.76. The SMILES string of the molecule is CC1CC(C)N(c2nc3ccccc3cc2C(=O)O)C1. The highest BCUT2D eigenvalue weighted by Crippen LogP contribution is 2.31. The molecule has 0 bridgehead atoms. The molecule has 0 saturated carbocycles. The Bertz CT molecular complexity index is 669. The second-order valence-electron chi connectivity index (χ2n) is 5.70. The standard InChI is InChI=1S/C16H18N2O2/c1-10-7-11(2)18(9-10)15-13(16(19)20)8-12-5-3-4-6-14(12)17-15/h3-6,8,10-11H,7,9H2,1-2H3,(H,19,20). The molecule has 1 saturated heterocycles. The van der Waals surface area contributed by atoms with Gasteiger partial charge in [-0.15, -0.1) is 0 Å². The smallest absolute Gasteiger partial charge is 0.339 e. The van der Waals surface area contributed by atoms with Crippen LogP contribution in [0.5, 0.6) is 0 Å². The molecule has 2 unspecified atom stereocenters. The first-order valence-electron chi connectivity index (χ1n) is 6.96. The van der Waals surface area contributed by atoms with Crippen LogP contribution < -0.4 is 4.90 Å². The van der Waals surface area contributed by atoms with Gasteiger partial charge in [-0.3, -0.25) is 0 Å². The topological polar surface area (TPSA) is 53.4 Å². The Morgan fingerprint density at radius 1 is 1.35 bits per heavy atom. The van der Waals surface area contributed by atoms with Gasteiger partial charge >= 0.3 is 5.97 Å². The molecule has 2 atom stereocenters. The summed E-state index contributed by atoms with van der Waals surface area (Å²) in [5.41, 5.74) is 1.14. The van der Waals surface area contributed by atoms with Gasteiger partial charge in [0.25, 0.3) is 0 Å². The monoisotopic (exact) mass is 270 g/mol. The number of aromatic carboxylic acids is 1. The number of hydrogen-bond donors (Lipinski definition) is 1. The maximum Gasteiger partial charge on any atom is 0.339 e. The Hall–Kier alpha value is -2.10. The average molecular weight is 270 g/mol. The molecular formula is C16H18N2O2. The molecule has 1 aliphatic heterocycles. The molecule has 104 valence electrons. The van der Waals surface area contributed by atoms with Crippen molar-refractivity contribution in [2.24, 2.45) is 5.92 Å². The third-order valence-electron chi connectivity index (χ3n) is 3.99. The molecule has 0 amide bonds. The molecule has 1 aliphatic rings. The summed E-state index contributed by atoms with van der Waals surface area (Å²) in [5, 5.41) is 10.3. The van der Waals surface area contributed by atoms with Crippen LogP contribution in [0.25, 0.3) is 10.9 Å². The van der Waals surface area contributed by atoms with Gasteiger partial charge in [-0.2, -0.15) is 0 Å². The number of anilines is 1. The van der Waals surface area contributed by atoms with Crippen LogP contribution in [0.1, 0.15) is 30.6 Å². The Morgan fingerprint density at radius 2 is 2.10 bits per heavy atom. The van der Waals surface area contributed by atoms with Crippen LogP contribution in [0.3, 0.4) is 0 Å². The molecule has 0 aliphatic carbocycles. The van der Waals surface area contributed by atoms with E-state index >= 15 is 0 Å². The fraction of sp³-hybridized carbons (Fsp3) is 0.375. The molecular weight excluding hydrogens is 252 g/mol. The minimum atomic E-state index is -0.912. The second kappa shape index (κ2) is 4.78. The van der Waals surface area contributed by atoms with Crippen LogP contribution in [0.2, 0.25) is 0 Å². The number of rotatable bonds is 2. The summed E-state index contributed by atoms with van der Waals surface area (Å²) in [5.74, 6) is 0.262. The zero-order chi connectivity index (χ0) is 14.3. The van der Waals surface area contributed by atoms with Crippen LogP contribution in [0, 0.1) is 5.92 Å². The van der Waals surface area contributed by atoms with E-state index in [-0.39, 0.29) is 0 Å². The Balaban J connectivity index is 2.17. The fourth-order valence-corrected chi connectivity index (χ4v) is 3.08. The van der Waals surface area contributed by atoms with Crippen molar-refractivity contribution in [3.63, 3.8) is 0 Å². The molecule has 2 heterocycles. The van der Waals surface area contributed by atoms with E-state index in [1.807, 2.05) is 24.3 Å². The van der Waals surface area contributed by atoms with Gasteiger partial charge in [0, 0.05) is 18.0 Å². The minimum absolute atomic E-state index is 0.296. The van der Waals surface area contributed by atoms with E-state index in [1.54, 1.807) is 6.07 Å². The lowest BCUT2D eigenvalue weighted by molar-refractivity contribution is 0.0697. The molecule has 2 aromatic rings. The fourth-order valence-electron chi connectivity index (χ4n) is 3.08. The summed E-state index contributed by atoms with van der Waals surface area (Å²) in [4.78, 5) is 18.3. The van der Waals surface area contributed by atoms with E-state index in [0.29, 0.717) is 23.3 Å². The highest BCUT2D eigenvalue weighted by molar-refractivity contribution is 5.98. The van der Waals surface area contributed by atoms with Crippen LogP contribution >= 0.6 is 0 Å². The third-order valence-corrected chi connectivity index (χ3v) is 3.99. The molecule has 4 heteroatoms. The number of pyridine rings is 1. The van der Waals surface area contributed by atoms with Crippen molar-refractivity contribution in [2.45, 2.75) is 26.3 Å². The number of benzene rings is 1. The van der Waals surface area contributed by atoms with E-state index in [4.69, 9.17) is 0 Å². The predicted octanol–water partition coefficient (Wildman–Crippen LogP) is 3.17. The molecule has 1 fully saturated rings. The van der Waals surface area contributed by atoms with E-state index in [2.05, 4.69) is 23.7 Å². The second-order valence-corrected chi connectivity index (χ2v) is 5.70. The molecule has 0 radical (unpaired) electrons. The number of aromatic nitrogens is 1. The van der Waals surface area contributed by atoms with Crippen molar-refractivity contribution >= 4 is 22.7 Å². The summed E-state index contributed by atoms with van der Waals surface area (Å²) in [7, 11) is 0. The van der Waals surface area contributed by atoms with Gasteiger partial charge < -0.3 is 10.0 Å². The lowest BCUT2D eigenvalue weighted by Crippen LogP contribution is -2.29. The molecule has 1 aromatic carbocycles. The van der Waals surface area contributed by atoms with Crippen LogP contribution in [-0.2, 0) is 0 Å². The van der Waals surface area contributed by atoms with E-state index in [0.717, 1.165) is 23.9 Å². The van der Waals surface area contributed by atoms with Gasteiger partial charge in [-0.05, 0) is 31.4 Å². The minimum Gasteiger partial charge on any atom is -0.478 e. The molecule has 1 N–H and O–H groups in total. The lowest BCUT2D eigenvalue weighted by atomic mass is 10.1. The summed E-state index contributed by atoms with van der Waals surface area (Å²) in [6.45, 7) is 5.19. The zero-order valence-corrected chi connectivity index (χ0v) is 11.7. The van der Waals surface area contributed by atoms with Crippen molar-refractivity contribution in [1.82, 2.24) is 4.98 Å². The van der Waals surface area contributed by atoms with Crippen LogP contribution in [0.15, 0.2) is 30.3 Å². The van der Waals surface area contributed by atoms with Crippen molar-refractivity contribution in [1.29, 1.82) is 0 Å². The molecule has 3 rings (SSSR count). The number of nitrogens with zero attached hydrogens (tertiary/aromatic N) is 2. The van der Waals surface area contributed by atoms with Crippen molar-refractivity contribution < 1.29 is 9.90 Å². The van der Waals surface area contributed by atoms with Crippen molar-refractivity contribution in [3.05, 3.63) is 35.9 Å². The van der Waals surface area contributed by atoms with Crippen molar-refractivity contribution in [3.8, 4) is 0 Å². The van der Waals surface area contributed by atoms with E-state index in [1.165, 1.54) is 0 Å². The van der Waals surface area contributed by atoms with E-state index < -0.39 is 5.97 Å². The first kappa shape index (κ1) is 12.9. The number of carboxylic acids is 1. The summed E-state index contributed by atoms with van der Waals surface area (Å²) >= 11 is 0. The molecule has 4 nitrogen and oxygen atoms in total. The van der Waals surface area contributed by atoms with Gasteiger partial charge in [0.1, 0.15) is 11.4 Å². The summed E-state index contributed by atoms with van der Waals surface area (Å²) < 4.78 is 0. The Kier molecular flexibility index (Phi) is 3.08. The quantitative estimate of drug-likeness (QED) is 0.910. The number of hydrogen-bond acceptors (Lipinski definition) is 3. The number of fused-ring (bicyclic) bond motifs is 1. The zero-order valence-electron chi connectivity index (χ0n) is 11.7. The van der Waals surface area contributed by atoms with Crippen LogP contribution in [0.4, 0.5) is 5.82 Å². The molecule has 0 spiro atoms. The lowest BCUT2D eigenvalue weighted by Gasteiger charge is -2.24. The highest BCUT2D eigenvalue weighted by atomic mass is 16.4. The maximum absolute atomic E-state index is 11.5. The predicted molar refractivity (Wildman–Crippen MR) is 79.3 cm³/mol. The largest absolute Gasteiger partial charge is 0.478 e. The number of carboxylic acid groups (broad SMARTS) is 1. The summed E-state index contributed by atoms with van der Waals surface area (Å²) in [6, 6.07) is 9.71. The van der Waals surface area contributed by atoms with Crippen LogP contribution in [-0.4, -0.2) is 28.6 Å². The normalized spacial score (nSPS) is 22.4. The van der Waals surface area contributed by atoms with Gasteiger partial charge in [0.15, 0.2) is 0 Å². The van der Waals surface area contributed by atoms with Crippen molar-refractivity contribution in [2.75, 3.05) is 11.4 Å². The molecule has 1 aromatic heterocycles. The van der Waals surface area contributed by atoms with Gasteiger partial charge in [0.05, 0.1) is 5.52 Å². The number of para-hydroxylation sites is 1. The highest BCUT2D eigenvalue weighted by Gasteiger charge is 2.30. The Labute approximate surface area is 118 Å². The third kappa shape index (κ3) is 2.11. The van der Waals surface area contributed by atoms with Gasteiger partial charge in [-0.25, -0.2) is 9.78 Å². The Morgan fingerprint density at radius 3 is 2.75 bits per heavy atom. The first-order valence-corrected chi connectivity index (χ1v) is 6.96. The number of carbonyl (C=O) groups is 1. The first-order chi connectivity index (χ1) is 9.56.